The molecule has 1 aliphatic carbocycles. The van der Waals surface area contributed by atoms with Crippen molar-refractivity contribution in [1.29, 1.82) is 0 Å². The second-order valence-corrected chi connectivity index (χ2v) is 5.95. The molecule has 3 N–H and O–H groups in total. The number of nitrogens with one attached hydrogen (secondary N) is 3. The number of rotatable bonds is 6. The Morgan fingerprint density at radius 2 is 2.09 bits per heavy atom. The zero-order chi connectivity index (χ0) is 15.9. The Bertz CT molecular complexity index is 526. The van der Waals surface area contributed by atoms with Crippen LogP contribution in [-0.4, -0.2) is 18.0 Å². The van der Waals surface area contributed by atoms with Gasteiger partial charge >= 0.3 is 6.03 Å². The summed E-state index contributed by atoms with van der Waals surface area (Å²) in [5, 5.41) is 8.63. The highest BCUT2D eigenvalue weighted by Crippen LogP contribution is 2.27. The zero-order valence-electron chi connectivity index (χ0n) is 13.3. The average molecular weight is 303 g/mol. The van der Waals surface area contributed by atoms with Crippen LogP contribution >= 0.6 is 0 Å². The molecule has 0 bridgehead atoms. The Morgan fingerprint density at radius 1 is 1.32 bits per heavy atom. The lowest BCUT2D eigenvalue weighted by atomic mass is 9.85. The van der Waals surface area contributed by atoms with E-state index in [1.54, 1.807) is 0 Å². The third kappa shape index (κ3) is 4.76. The van der Waals surface area contributed by atoms with Crippen LogP contribution in [0.5, 0.6) is 0 Å². The number of benzene rings is 1. The van der Waals surface area contributed by atoms with Crippen molar-refractivity contribution in [1.82, 2.24) is 10.6 Å². The Labute approximate surface area is 131 Å². The molecule has 0 aliphatic heterocycles. The van der Waals surface area contributed by atoms with Gasteiger partial charge in [0, 0.05) is 24.2 Å². The van der Waals surface area contributed by atoms with E-state index in [1.807, 2.05) is 38.1 Å². The van der Waals surface area contributed by atoms with Gasteiger partial charge in [0.05, 0.1) is 0 Å². The summed E-state index contributed by atoms with van der Waals surface area (Å²) in [6.45, 7) is 4.44. The molecule has 2 rings (SSSR count). The van der Waals surface area contributed by atoms with E-state index < -0.39 is 0 Å². The minimum absolute atomic E-state index is 0.103. The van der Waals surface area contributed by atoms with E-state index in [1.165, 1.54) is 0 Å². The minimum Gasteiger partial charge on any atom is -0.336 e. The lowest BCUT2D eigenvalue weighted by Crippen LogP contribution is -2.40. The average Bonchev–Trinajstić information content (AvgIpc) is 2.43. The largest absolute Gasteiger partial charge is 0.336 e. The molecule has 0 aromatic heterocycles. The van der Waals surface area contributed by atoms with Crippen LogP contribution in [-0.2, 0) is 11.3 Å². The van der Waals surface area contributed by atoms with Gasteiger partial charge in [-0.3, -0.25) is 4.79 Å². The quantitative estimate of drug-likeness (QED) is 0.756. The maximum atomic E-state index is 11.9. The van der Waals surface area contributed by atoms with Crippen molar-refractivity contribution in [3.63, 3.8) is 0 Å². The third-order valence-electron chi connectivity index (χ3n) is 4.11. The first-order valence-electron chi connectivity index (χ1n) is 8.02. The van der Waals surface area contributed by atoms with Crippen molar-refractivity contribution in [3.05, 3.63) is 29.8 Å². The van der Waals surface area contributed by atoms with Gasteiger partial charge in [-0.05, 0) is 43.9 Å². The Hall–Kier alpha value is -2.04. The van der Waals surface area contributed by atoms with Gasteiger partial charge in [0.25, 0.3) is 0 Å². The van der Waals surface area contributed by atoms with Crippen LogP contribution in [0.15, 0.2) is 24.3 Å². The maximum Gasteiger partial charge on any atom is 0.315 e. The van der Waals surface area contributed by atoms with Gasteiger partial charge in [-0.25, -0.2) is 4.79 Å². The number of amides is 3. The summed E-state index contributed by atoms with van der Waals surface area (Å²) < 4.78 is 0. The number of carbonyl (C=O) groups excluding carboxylic acids is 2. The van der Waals surface area contributed by atoms with Crippen molar-refractivity contribution in [2.24, 2.45) is 5.92 Å². The van der Waals surface area contributed by atoms with Crippen molar-refractivity contribution < 1.29 is 9.59 Å². The molecule has 1 aromatic carbocycles. The molecule has 1 aliphatic rings. The van der Waals surface area contributed by atoms with Crippen LogP contribution in [0.2, 0.25) is 0 Å². The van der Waals surface area contributed by atoms with Gasteiger partial charge in [-0.1, -0.05) is 25.5 Å². The fraction of sp³-hybridized carbons (Fsp3) is 0.529. The second kappa shape index (κ2) is 7.82. The Kier molecular flexibility index (Phi) is 5.81. The fourth-order valence-corrected chi connectivity index (χ4v) is 2.23. The number of hydrogen-bond acceptors (Lipinski definition) is 2. The summed E-state index contributed by atoms with van der Waals surface area (Å²) >= 11 is 0. The van der Waals surface area contributed by atoms with Crippen LogP contribution in [0.3, 0.4) is 0 Å². The normalized spacial score (nSPS) is 15.5. The summed E-state index contributed by atoms with van der Waals surface area (Å²) in [7, 11) is 0. The van der Waals surface area contributed by atoms with Crippen LogP contribution in [0.1, 0.15) is 45.1 Å². The van der Waals surface area contributed by atoms with Crippen LogP contribution in [0.25, 0.3) is 0 Å². The molecule has 5 nitrogen and oxygen atoms in total. The highest BCUT2D eigenvalue weighted by molar-refractivity contribution is 5.93. The molecule has 0 radical (unpaired) electrons. The topological polar surface area (TPSA) is 70.2 Å². The van der Waals surface area contributed by atoms with Gasteiger partial charge < -0.3 is 16.0 Å². The predicted octanol–water partition coefficient (Wildman–Crippen LogP) is 3.02. The highest BCUT2D eigenvalue weighted by atomic mass is 16.2. The molecular formula is C17H25N3O2. The van der Waals surface area contributed by atoms with Crippen molar-refractivity contribution in [2.75, 3.05) is 5.32 Å². The first-order valence-corrected chi connectivity index (χ1v) is 8.02. The zero-order valence-corrected chi connectivity index (χ0v) is 13.3. The molecule has 0 saturated heterocycles. The van der Waals surface area contributed by atoms with E-state index in [9.17, 15) is 9.59 Å². The summed E-state index contributed by atoms with van der Waals surface area (Å²) in [5.41, 5.74) is 1.75. The SMILES string of the molecule is CCC(C)NC(=O)NCc1cccc(NC(=O)C2CCC2)c1. The van der Waals surface area contributed by atoms with E-state index in [0.717, 1.165) is 36.9 Å². The summed E-state index contributed by atoms with van der Waals surface area (Å²) in [4.78, 5) is 23.6. The molecule has 1 saturated carbocycles. The van der Waals surface area contributed by atoms with Crippen molar-refractivity contribution in [2.45, 2.75) is 52.1 Å². The number of carbonyl (C=O) groups is 2. The molecule has 0 heterocycles. The van der Waals surface area contributed by atoms with Gasteiger partial charge in [0.1, 0.15) is 0 Å². The molecule has 1 unspecified atom stereocenters. The van der Waals surface area contributed by atoms with Gasteiger partial charge in [-0.2, -0.15) is 0 Å². The van der Waals surface area contributed by atoms with E-state index in [0.29, 0.717) is 6.54 Å². The number of anilines is 1. The molecule has 0 spiro atoms. The molecule has 1 aromatic rings. The summed E-state index contributed by atoms with van der Waals surface area (Å²) in [6, 6.07) is 7.59. The molecule has 22 heavy (non-hydrogen) atoms. The van der Waals surface area contributed by atoms with Gasteiger partial charge in [-0.15, -0.1) is 0 Å². The second-order valence-electron chi connectivity index (χ2n) is 5.95. The fourth-order valence-electron chi connectivity index (χ4n) is 2.23. The Balaban J connectivity index is 1.83. The predicted molar refractivity (Wildman–Crippen MR) is 87.5 cm³/mol. The molecule has 1 fully saturated rings. The van der Waals surface area contributed by atoms with Gasteiger partial charge in [0.2, 0.25) is 5.91 Å². The van der Waals surface area contributed by atoms with E-state index >= 15 is 0 Å². The molecule has 5 heteroatoms. The minimum atomic E-state index is -0.168. The molecule has 1 atom stereocenters. The Morgan fingerprint density at radius 3 is 2.73 bits per heavy atom. The first-order chi connectivity index (χ1) is 10.6. The number of hydrogen-bond donors (Lipinski definition) is 3. The third-order valence-corrected chi connectivity index (χ3v) is 4.11. The highest BCUT2D eigenvalue weighted by Gasteiger charge is 2.25. The van der Waals surface area contributed by atoms with Gasteiger partial charge in [0.15, 0.2) is 0 Å². The molecule has 3 amide bonds. The number of urea groups is 1. The summed E-state index contributed by atoms with van der Waals surface area (Å²) in [5.74, 6) is 0.272. The summed E-state index contributed by atoms with van der Waals surface area (Å²) in [6.07, 6.45) is 4.02. The first kappa shape index (κ1) is 16.3. The lowest BCUT2D eigenvalue weighted by molar-refractivity contribution is -0.122. The van der Waals surface area contributed by atoms with Crippen LogP contribution in [0, 0.1) is 5.92 Å². The van der Waals surface area contributed by atoms with E-state index in [2.05, 4.69) is 16.0 Å². The standard InChI is InChI=1S/C17H25N3O2/c1-3-12(2)19-17(22)18-11-13-6-4-9-15(10-13)20-16(21)14-7-5-8-14/h4,6,9-10,12,14H,3,5,7-8,11H2,1-2H3,(H,20,21)(H2,18,19,22). The van der Waals surface area contributed by atoms with E-state index in [4.69, 9.17) is 0 Å². The smallest absolute Gasteiger partial charge is 0.315 e. The van der Waals surface area contributed by atoms with Crippen molar-refractivity contribution in [3.8, 4) is 0 Å². The maximum absolute atomic E-state index is 11.9. The van der Waals surface area contributed by atoms with Crippen LogP contribution in [0.4, 0.5) is 10.5 Å². The van der Waals surface area contributed by atoms with Crippen molar-refractivity contribution >= 4 is 17.6 Å². The molecule has 120 valence electrons. The monoisotopic (exact) mass is 303 g/mol. The van der Waals surface area contributed by atoms with E-state index in [-0.39, 0.29) is 23.9 Å². The van der Waals surface area contributed by atoms with Crippen LogP contribution < -0.4 is 16.0 Å². The lowest BCUT2D eigenvalue weighted by Gasteiger charge is -2.24. The molecular weight excluding hydrogens is 278 g/mol.